The van der Waals surface area contributed by atoms with E-state index in [1.165, 1.54) is 13.3 Å². The molecule has 8 heteroatoms. The first-order chi connectivity index (χ1) is 13.4. The van der Waals surface area contributed by atoms with Crippen LogP contribution < -0.4 is 20.2 Å². The van der Waals surface area contributed by atoms with Gasteiger partial charge in [0.25, 0.3) is 0 Å². The molecule has 7 nitrogen and oxygen atoms in total. The molecule has 2 rings (SSSR count). The molecule has 0 saturated carbocycles. The van der Waals surface area contributed by atoms with Crippen molar-refractivity contribution in [3.8, 4) is 11.5 Å². The minimum absolute atomic E-state index is 0.0299. The van der Waals surface area contributed by atoms with Crippen molar-refractivity contribution in [1.29, 1.82) is 0 Å². The lowest BCUT2D eigenvalue weighted by Crippen LogP contribution is -2.20. The predicted octanol–water partition coefficient (Wildman–Crippen LogP) is 3.64. The molecule has 28 heavy (non-hydrogen) atoms. The summed E-state index contributed by atoms with van der Waals surface area (Å²) in [4.78, 5) is 23.8. The van der Waals surface area contributed by atoms with E-state index in [0.717, 1.165) is 10.0 Å². The fourth-order valence-corrected chi connectivity index (χ4v) is 2.71. The van der Waals surface area contributed by atoms with E-state index in [0.29, 0.717) is 22.7 Å². The number of nitrogens with one attached hydrogen (secondary N) is 2. The maximum atomic E-state index is 11.9. The molecule has 0 saturated heterocycles. The van der Waals surface area contributed by atoms with E-state index >= 15 is 0 Å². The smallest absolute Gasteiger partial charge is 0.240 e. The van der Waals surface area contributed by atoms with Crippen LogP contribution in [0.15, 0.2) is 46.0 Å². The van der Waals surface area contributed by atoms with Gasteiger partial charge in [0.1, 0.15) is 0 Å². The van der Waals surface area contributed by atoms with Crippen molar-refractivity contribution in [2.75, 3.05) is 19.5 Å². The molecule has 0 unspecified atom stereocenters. The Bertz CT molecular complexity index is 866. The number of carbonyl (C=O) groups excluding carboxylic acids is 2. The Hall–Kier alpha value is -2.87. The van der Waals surface area contributed by atoms with E-state index in [9.17, 15) is 9.59 Å². The van der Waals surface area contributed by atoms with E-state index in [1.54, 1.807) is 19.2 Å². The molecule has 2 aromatic carbocycles. The van der Waals surface area contributed by atoms with Gasteiger partial charge < -0.3 is 14.8 Å². The van der Waals surface area contributed by atoms with Crippen LogP contribution in [0.4, 0.5) is 5.69 Å². The number of nitrogens with zero attached hydrogens (tertiary/aromatic N) is 1. The molecule has 0 aliphatic heterocycles. The number of hydrogen-bond acceptors (Lipinski definition) is 5. The highest BCUT2D eigenvalue weighted by atomic mass is 79.9. The Labute approximate surface area is 172 Å². The van der Waals surface area contributed by atoms with Crippen LogP contribution >= 0.6 is 15.9 Å². The third kappa shape index (κ3) is 6.38. The first-order valence-corrected chi connectivity index (χ1v) is 9.32. The molecule has 0 atom stereocenters. The number of anilines is 1. The molecule has 0 aliphatic rings. The number of amides is 2. The molecule has 2 amide bonds. The largest absolute Gasteiger partial charge is 0.493 e. The minimum atomic E-state index is -0.355. The summed E-state index contributed by atoms with van der Waals surface area (Å²) in [5.74, 6) is 0.541. The number of hydrogen-bond donors (Lipinski definition) is 2. The molecule has 0 aliphatic carbocycles. The van der Waals surface area contributed by atoms with Gasteiger partial charge in [-0.2, -0.15) is 5.10 Å². The number of benzene rings is 2. The molecule has 0 radical (unpaired) electrons. The van der Waals surface area contributed by atoms with E-state index in [2.05, 4.69) is 31.8 Å². The monoisotopic (exact) mass is 447 g/mol. The van der Waals surface area contributed by atoms with E-state index in [-0.39, 0.29) is 24.7 Å². The molecule has 2 aromatic rings. The van der Waals surface area contributed by atoms with Crippen molar-refractivity contribution in [2.24, 2.45) is 5.10 Å². The van der Waals surface area contributed by atoms with Crippen LogP contribution in [-0.2, 0) is 9.59 Å². The van der Waals surface area contributed by atoms with Crippen LogP contribution in [0.2, 0.25) is 0 Å². The zero-order chi connectivity index (χ0) is 20.5. The van der Waals surface area contributed by atoms with E-state index in [4.69, 9.17) is 9.47 Å². The molecule has 0 aromatic heterocycles. The Balaban J connectivity index is 1.83. The average molecular weight is 448 g/mol. The Morgan fingerprint density at radius 3 is 2.29 bits per heavy atom. The second-order valence-corrected chi connectivity index (χ2v) is 6.79. The normalized spacial score (nSPS) is 10.6. The quantitative estimate of drug-likeness (QED) is 0.477. The van der Waals surface area contributed by atoms with E-state index in [1.807, 2.05) is 31.2 Å². The highest BCUT2D eigenvalue weighted by molar-refractivity contribution is 9.10. The number of hydrazone groups is 1. The number of rotatable bonds is 8. The fourth-order valence-electron chi connectivity index (χ4n) is 2.29. The maximum Gasteiger partial charge on any atom is 0.240 e. The molecule has 148 valence electrons. The summed E-state index contributed by atoms with van der Waals surface area (Å²) in [5, 5.41) is 6.67. The van der Waals surface area contributed by atoms with Gasteiger partial charge in [-0.1, -0.05) is 17.7 Å². The average Bonchev–Trinajstić information content (AvgIpc) is 2.69. The molecule has 0 fully saturated rings. The topological polar surface area (TPSA) is 89.0 Å². The van der Waals surface area contributed by atoms with Gasteiger partial charge in [-0.05, 0) is 47.1 Å². The predicted molar refractivity (Wildman–Crippen MR) is 112 cm³/mol. The lowest BCUT2D eigenvalue weighted by molar-refractivity contribution is -0.124. The Morgan fingerprint density at radius 2 is 1.64 bits per heavy atom. The maximum absolute atomic E-state index is 11.9. The van der Waals surface area contributed by atoms with Crippen LogP contribution in [-0.4, -0.2) is 32.2 Å². The van der Waals surface area contributed by atoms with Crippen molar-refractivity contribution >= 4 is 39.6 Å². The van der Waals surface area contributed by atoms with Crippen LogP contribution in [0.5, 0.6) is 11.5 Å². The fraction of sp³-hybridized carbons (Fsp3) is 0.250. The van der Waals surface area contributed by atoms with Crippen molar-refractivity contribution < 1.29 is 19.1 Å². The highest BCUT2D eigenvalue weighted by Crippen LogP contribution is 2.32. The minimum Gasteiger partial charge on any atom is -0.493 e. The standard InChI is InChI=1S/C20H22BrN3O4/c1-13-4-6-15(7-5-13)23-19(25)8-9-20(26)24-22-12-14-10-17(27-2)18(28-3)11-16(14)21/h4-7,10-12H,8-9H2,1-3H3,(H,23,25)(H,24,26). The third-order valence-electron chi connectivity index (χ3n) is 3.81. The van der Waals surface area contributed by atoms with Crippen molar-refractivity contribution in [3.05, 3.63) is 52.0 Å². The lowest BCUT2D eigenvalue weighted by Gasteiger charge is -2.09. The van der Waals surface area contributed by atoms with Crippen LogP contribution in [0.1, 0.15) is 24.0 Å². The van der Waals surface area contributed by atoms with Crippen molar-refractivity contribution in [3.63, 3.8) is 0 Å². The van der Waals surface area contributed by atoms with Crippen LogP contribution in [0.3, 0.4) is 0 Å². The van der Waals surface area contributed by atoms with Crippen molar-refractivity contribution in [2.45, 2.75) is 19.8 Å². The summed E-state index contributed by atoms with van der Waals surface area (Å²) < 4.78 is 11.2. The second kappa shape index (κ2) is 10.5. The number of carbonyl (C=O) groups is 2. The van der Waals surface area contributed by atoms with Gasteiger partial charge in [-0.3, -0.25) is 9.59 Å². The number of halogens is 1. The van der Waals surface area contributed by atoms with Gasteiger partial charge in [0, 0.05) is 28.6 Å². The van der Waals surface area contributed by atoms with Gasteiger partial charge in [-0.25, -0.2) is 5.43 Å². The molecular weight excluding hydrogens is 426 g/mol. The van der Waals surface area contributed by atoms with Crippen LogP contribution in [0, 0.1) is 6.92 Å². The van der Waals surface area contributed by atoms with E-state index < -0.39 is 0 Å². The zero-order valence-electron chi connectivity index (χ0n) is 15.9. The lowest BCUT2D eigenvalue weighted by atomic mass is 10.2. The third-order valence-corrected chi connectivity index (χ3v) is 4.50. The summed E-state index contributed by atoms with van der Waals surface area (Å²) in [5.41, 5.74) is 4.92. The Kier molecular flexibility index (Phi) is 8.01. The SMILES string of the molecule is COc1cc(Br)c(C=NNC(=O)CCC(=O)Nc2ccc(C)cc2)cc1OC. The number of ether oxygens (including phenoxy) is 2. The molecule has 0 bridgehead atoms. The Morgan fingerprint density at radius 1 is 1.04 bits per heavy atom. The first kappa shape index (κ1) is 21.4. The first-order valence-electron chi connectivity index (χ1n) is 8.53. The van der Waals surface area contributed by atoms with Gasteiger partial charge >= 0.3 is 0 Å². The van der Waals surface area contributed by atoms with Crippen molar-refractivity contribution in [1.82, 2.24) is 5.43 Å². The zero-order valence-corrected chi connectivity index (χ0v) is 17.5. The highest BCUT2D eigenvalue weighted by Gasteiger charge is 2.09. The number of aryl methyl sites for hydroxylation is 1. The van der Waals surface area contributed by atoms with Gasteiger partial charge in [0.2, 0.25) is 11.8 Å². The molecule has 2 N–H and O–H groups in total. The molecule has 0 heterocycles. The summed E-state index contributed by atoms with van der Waals surface area (Å²) >= 11 is 3.41. The van der Waals surface area contributed by atoms with Gasteiger partial charge in [-0.15, -0.1) is 0 Å². The number of methoxy groups -OCH3 is 2. The van der Waals surface area contributed by atoms with Crippen LogP contribution in [0.25, 0.3) is 0 Å². The molecule has 0 spiro atoms. The van der Waals surface area contributed by atoms with Gasteiger partial charge in [0.05, 0.1) is 20.4 Å². The second-order valence-electron chi connectivity index (χ2n) is 5.94. The summed E-state index contributed by atoms with van der Waals surface area (Å²) in [6.45, 7) is 1.97. The summed E-state index contributed by atoms with van der Waals surface area (Å²) in [6, 6.07) is 10.9. The summed E-state index contributed by atoms with van der Waals surface area (Å²) in [6.07, 6.45) is 1.58. The summed E-state index contributed by atoms with van der Waals surface area (Å²) in [7, 11) is 3.09. The van der Waals surface area contributed by atoms with Gasteiger partial charge in [0.15, 0.2) is 11.5 Å². The molecular formula is C20H22BrN3O4.